The summed E-state index contributed by atoms with van der Waals surface area (Å²) < 4.78 is 6.18. The predicted octanol–water partition coefficient (Wildman–Crippen LogP) is 3.49. The summed E-state index contributed by atoms with van der Waals surface area (Å²) in [6.45, 7) is 8.08. The van der Waals surface area contributed by atoms with Gasteiger partial charge in [-0.25, -0.2) is 4.98 Å². The second-order valence-corrected chi connectivity index (χ2v) is 7.84. The van der Waals surface area contributed by atoms with Crippen molar-refractivity contribution in [1.82, 2.24) is 9.88 Å². The molecule has 1 amide bonds. The molecule has 142 valence electrons. The molecule has 0 bridgehead atoms. The summed E-state index contributed by atoms with van der Waals surface area (Å²) in [5.74, 6) is -0.418. The number of likely N-dealkylation sites (tertiary alicyclic amines) is 1. The molecule has 1 saturated heterocycles. The Kier molecular flexibility index (Phi) is 6.09. The molecule has 2 heterocycles. The molecule has 0 radical (unpaired) electrons. The number of ether oxygens (including phenoxy) is 1. The molecule has 1 fully saturated rings. The molecule has 1 aromatic heterocycles. The number of amides is 1. The van der Waals surface area contributed by atoms with Crippen molar-refractivity contribution < 1.29 is 9.53 Å². The van der Waals surface area contributed by atoms with Crippen molar-refractivity contribution in [3.63, 3.8) is 0 Å². The summed E-state index contributed by atoms with van der Waals surface area (Å²) in [6.07, 6.45) is 9.09. The number of pyridine rings is 1. The molecule has 1 aliphatic carbocycles. The van der Waals surface area contributed by atoms with Crippen LogP contribution in [0.15, 0.2) is 18.2 Å². The van der Waals surface area contributed by atoms with Crippen LogP contribution >= 0.6 is 0 Å². The van der Waals surface area contributed by atoms with Crippen LogP contribution in [-0.4, -0.2) is 42.0 Å². The van der Waals surface area contributed by atoms with Gasteiger partial charge in [0.2, 0.25) is 0 Å². The second-order valence-electron chi connectivity index (χ2n) is 7.84. The van der Waals surface area contributed by atoms with Crippen LogP contribution in [0.1, 0.15) is 74.1 Å². The molecule has 0 aromatic carbocycles. The molecule has 0 atom stereocenters. The zero-order valence-corrected chi connectivity index (χ0v) is 16.1. The van der Waals surface area contributed by atoms with Crippen molar-refractivity contribution in [2.45, 2.75) is 58.0 Å². The number of aromatic nitrogens is 1. The van der Waals surface area contributed by atoms with E-state index >= 15 is 0 Å². The first-order valence-electron chi connectivity index (χ1n) is 9.84. The summed E-state index contributed by atoms with van der Waals surface area (Å²) in [5, 5.41) is 0. The highest BCUT2D eigenvalue weighted by molar-refractivity contribution is 5.97. The summed E-state index contributed by atoms with van der Waals surface area (Å²) in [7, 11) is 0. The van der Waals surface area contributed by atoms with Crippen LogP contribution < -0.4 is 5.73 Å². The Balaban J connectivity index is 1.77. The highest BCUT2D eigenvalue weighted by Crippen LogP contribution is 2.31. The third kappa shape index (κ3) is 4.51. The van der Waals surface area contributed by atoms with Gasteiger partial charge in [-0.3, -0.25) is 4.79 Å². The average Bonchev–Trinajstić information content (AvgIpc) is 3.15. The molecule has 5 heteroatoms. The third-order valence-electron chi connectivity index (χ3n) is 5.44. The lowest BCUT2D eigenvalue weighted by atomic mass is 9.93. The molecule has 0 spiro atoms. The number of carbonyl (C=O) groups excluding carboxylic acids is 1. The molecule has 1 aromatic rings. The third-order valence-corrected chi connectivity index (χ3v) is 5.44. The Morgan fingerprint density at radius 3 is 2.65 bits per heavy atom. The van der Waals surface area contributed by atoms with Crippen molar-refractivity contribution in [2.75, 3.05) is 26.2 Å². The lowest BCUT2D eigenvalue weighted by Crippen LogP contribution is -2.30. The van der Waals surface area contributed by atoms with E-state index in [1.807, 2.05) is 19.9 Å². The van der Waals surface area contributed by atoms with Crippen LogP contribution in [0.4, 0.5) is 0 Å². The minimum absolute atomic E-state index is 0.418. The number of hydrogen-bond acceptors (Lipinski definition) is 4. The van der Waals surface area contributed by atoms with Gasteiger partial charge in [0.05, 0.1) is 23.6 Å². The van der Waals surface area contributed by atoms with Crippen molar-refractivity contribution >= 4 is 11.5 Å². The molecule has 0 unspecified atom stereocenters. The normalized spacial score (nSPS) is 18.8. The highest BCUT2D eigenvalue weighted by atomic mass is 16.5. The fourth-order valence-corrected chi connectivity index (χ4v) is 3.80. The minimum Gasteiger partial charge on any atom is -0.368 e. The number of nitrogens with zero attached hydrogens (tertiary/aromatic N) is 2. The van der Waals surface area contributed by atoms with Crippen LogP contribution in [0.5, 0.6) is 0 Å². The zero-order chi connectivity index (χ0) is 18.6. The maximum absolute atomic E-state index is 11.9. The first-order chi connectivity index (χ1) is 12.5. The van der Waals surface area contributed by atoms with Crippen molar-refractivity contribution in [3.05, 3.63) is 35.2 Å². The van der Waals surface area contributed by atoms with E-state index in [0.717, 1.165) is 42.8 Å². The molecule has 5 nitrogen and oxygen atoms in total. The number of carbonyl (C=O) groups is 1. The van der Waals surface area contributed by atoms with E-state index in [2.05, 4.69) is 11.0 Å². The van der Waals surface area contributed by atoms with Gasteiger partial charge in [0, 0.05) is 6.54 Å². The monoisotopic (exact) mass is 357 g/mol. The Labute approximate surface area is 156 Å². The molecule has 26 heavy (non-hydrogen) atoms. The van der Waals surface area contributed by atoms with Crippen LogP contribution in [0.2, 0.25) is 0 Å². The van der Waals surface area contributed by atoms with E-state index in [1.165, 1.54) is 32.4 Å². The van der Waals surface area contributed by atoms with Gasteiger partial charge in [0.1, 0.15) is 5.60 Å². The van der Waals surface area contributed by atoms with Crippen LogP contribution in [0, 0.1) is 0 Å². The first kappa shape index (κ1) is 19.1. The van der Waals surface area contributed by atoms with Gasteiger partial charge >= 0.3 is 0 Å². The van der Waals surface area contributed by atoms with Gasteiger partial charge in [0.15, 0.2) is 0 Å². The first-order valence-corrected chi connectivity index (χ1v) is 9.84. The predicted molar refractivity (Wildman–Crippen MR) is 104 cm³/mol. The number of hydrogen-bond donors (Lipinski definition) is 1. The van der Waals surface area contributed by atoms with E-state index in [9.17, 15) is 4.79 Å². The summed E-state index contributed by atoms with van der Waals surface area (Å²) in [4.78, 5) is 19.1. The van der Waals surface area contributed by atoms with E-state index in [-0.39, 0.29) is 0 Å². The van der Waals surface area contributed by atoms with Gasteiger partial charge in [-0.1, -0.05) is 6.08 Å². The molecule has 2 aliphatic rings. The Hall–Kier alpha value is -1.72. The van der Waals surface area contributed by atoms with E-state index in [4.69, 9.17) is 15.5 Å². The fraction of sp³-hybridized carbons (Fsp3) is 0.619. The zero-order valence-electron chi connectivity index (χ0n) is 16.1. The smallest absolute Gasteiger partial charge is 0.250 e. The average molecular weight is 357 g/mol. The molecule has 0 saturated carbocycles. The van der Waals surface area contributed by atoms with Gasteiger partial charge in [-0.2, -0.15) is 0 Å². The summed E-state index contributed by atoms with van der Waals surface area (Å²) in [6, 6.07) is 3.68. The van der Waals surface area contributed by atoms with Crippen molar-refractivity contribution in [2.24, 2.45) is 5.73 Å². The van der Waals surface area contributed by atoms with E-state index in [0.29, 0.717) is 12.2 Å². The maximum Gasteiger partial charge on any atom is 0.250 e. The fourth-order valence-electron chi connectivity index (χ4n) is 3.80. The number of allylic oxidation sites excluding steroid dienone is 2. The SMILES string of the molecule is CC(C)(OCCN1CCCC1)c1ccc(C(N)=O)c(C2=CCCCC2)n1. The summed E-state index contributed by atoms with van der Waals surface area (Å²) >= 11 is 0. The number of nitrogens with two attached hydrogens (primary N) is 1. The lowest BCUT2D eigenvalue weighted by Gasteiger charge is -2.27. The van der Waals surface area contributed by atoms with Crippen LogP contribution in [0.3, 0.4) is 0 Å². The molecule has 1 aliphatic heterocycles. The Morgan fingerprint density at radius 2 is 2.00 bits per heavy atom. The Bertz CT molecular complexity index is 676. The number of rotatable bonds is 7. The molecule has 3 rings (SSSR count). The molecule has 2 N–H and O–H groups in total. The second kappa shape index (κ2) is 8.31. The molecular formula is C21H31N3O2. The summed E-state index contributed by atoms with van der Waals surface area (Å²) in [5.41, 5.74) is 8.33. The van der Waals surface area contributed by atoms with Gasteiger partial charge in [-0.05, 0) is 83.2 Å². The molecular weight excluding hydrogens is 326 g/mol. The van der Waals surface area contributed by atoms with Gasteiger partial charge in [0.25, 0.3) is 5.91 Å². The maximum atomic E-state index is 11.9. The van der Waals surface area contributed by atoms with Crippen LogP contribution in [0.25, 0.3) is 5.57 Å². The van der Waals surface area contributed by atoms with Crippen molar-refractivity contribution in [3.8, 4) is 0 Å². The highest BCUT2D eigenvalue weighted by Gasteiger charge is 2.26. The Morgan fingerprint density at radius 1 is 1.23 bits per heavy atom. The number of primary amides is 1. The van der Waals surface area contributed by atoms with E-state index in [1.54, 1.807) is 6.07 Å². The standard InChI is InChI=1S/C21H31N3O2/c1-21(2,26-15-14-24-12-6-7-13-24)18-11-10-17(20(22)25)19(23-18)16-8-4-3-5-9-16/h8,10-11H,3-7,9,12-15H2,1-2H3,(H2,22,25). The van der Waals surface area contributed by atoms with Crippen LogP contribution in [-0.2, 0) is 10.3 Å². The van der Waals surface area contributed by atoms with Gasteiger partial charge < -0.3 is 15.4 Å². The minimum atomic E-state index is -0.500. The quantitative estimate of drug-likeness (QED) is 0.811. The van der Waals surface area contributed by atoms with E-state index < -0.39 is 11.5 Å². The van der Waals surface area contributed by atoms with Crippen molar-refractivity contribution in [1.29, 1.82) is 0 Å². The largest absolute Gasteiger partial charge is 0.368 e. The lowest BCUT2D eigenvalue weighted by molar-refractivity contribution is -0.0317. The topological polar surface area (TPSA) is 68.5 Å². The van der Waals surface area contributed by atoms with Gasteiger partial charge in [-0.15, -0.1) is 0 Å².